The zero-order valence-corrected chi connectivity index (χ0v) is 16.6. The minimum absolute atomic E-state index is 0.0205. The number of hydrogen-bond donors (Lipinski definition) is 1. The van der Waals surface area contributed by atoms with Crippen LogP contribution in [0.25, 0.3) is 22.4 Å². The maximum absolute atomic E-state index is 12.7. The molecule has 0 unspecified atom stereocenters. The Labute approximate surface area is 170 Å². The summed E-state index contributed by atoms with van der Waals surface area (Å²) >= 11 is 5.87. The molecule has 1 atom stereocenters. The van der Waals surface area contributed by atoms with Crippen LogP contribution in [-0.2, 0) is 10.0 Å². The van der Waals surface area contributed by atoms with E-state index in [0.29, 0.717) is 21.6 Å². The molecule has 0 bridgehead atoms. The lowest BCUT2D eigenvalue weighted by molar-refractivity contribution is 0.415. The molecule has 0 aliphatic carbocycles. The average Bonchev–Trinajstić information content (AvgIpc) is 3.18. The summed E-state index contributed by atoms with van der Waals surface area (Å²) in [6.07, 6.45) is 0. The number of hydrogen-bond acceptors (Lipinski definition) is 7. The van der Waals surface area contributed by atoms with Gasteiger partial charge in [0.25, 0.3) is 5.89 Å². The van der Waals surface area contributed by atoms with E-state index in [9.17, 15) is 13.2 Å². The molecule has 0 fully saturated rings. The Morgan fingerprint density at radius 2 is 1.83 bits per heavy atom. The first kappa shape index (κ1) is 19.3. The van der Waals surface area contributed by atoms with Gasteiger partial charge in [0, 0.05) is 22.0 Å². The standard InChI is InChI=1S/C19H14ClN3O5S/c1-11(18-21-19(28-22-18)12-2-5-14(20)6-3-12)23-29(25,26)15-7-8-16-13(10-15)4-9-17(24)27-16/h2-11,23H,1H3/t11-/m0/s1. The molecule has 1 N–H and O–H groups in total. The van der Waals surface area contributed by atoms with E-state index in [1.807, 2.05) is 0 Å². The number of nitrogens with one attached hydrogen (secondary N) is 1. The van der Waals surface area contributed by atoms with Crippen molar-refractivity contribution in [3.63, 3.8) is 0 Å². The van der Waals surface area contributed by atoms with E-state index in [1.54, 1.807) is 31.2 Å². The van der Waals surface area contributed by atoms with E-state index in [2.05, 4.69) is 14.9 Å². The van der Waals surface area contributed by atoms with Crippen LogP contribution in [-0.4, -0.2) is 18.6 Å². The van der Waals surface area contributed by atoms with Crippen molar-refractivity contribution in [2.24, 2.45) is 0 Å². The van der Waals surface area contributed by atoms with Gasteiger partial charge in [-0.05, 0) is 55.5 Å². The summed E-state index contributed by atoms with van der Waals surface area (Å²) < 4.78 is 38.2. The molecule has 0 aliphatic heterocycles. The summed E-state index contributed by atoms with van der Waals surface area (Å²) in [5.41, 5.74) is 0.461. The van der Waals surface area contributed by atoms with Crippen LogP contribution in [0, 0.1) is 0 Å². The maximum Gasteiger partial charge on any atom is 0.336 e. The number of sulfonamides is 1. The van der Waals surface area contributed by atoms with Crippen molar-refractivity contribution >= 4 is 32.6 Å². The highest BCUT2D eigenvalue weighted by Crippen LogP contribution is 2.23. The number of fused-ring (bicyclic) bond motifs is 1. The molecule has 0 spiro atoms. The molecule has 10 heteroatoms. The lowest BCUT2D eigenvalue weighted by Gasteiger charge is -2.11. The van der Waals surface area contributed by atoms with E-state index in [4.69, 9.17) is 20.5 Å². The lowest BCUT2D eigenvalue weighted by Crippen LogP contribution is -2.27. The second-order valence-electron chi connectivity index (χ2n) is 6.26. The fraction of sp³-hybridized carbons (Fsp3) is 0.105. The Bertz CT molecular complexity index is 1350. The highest BCUT2D eigenvalue weighted by molar-refractivity contribution is 7.89. The predicted molar refractivity (Wildman–Crippen MR) is 106 cm³/mol. The summed E-state index contributed by atoms with van der Waals surface area (Å²) in [7, 11) is -3.88. The van der Waals surface area contributed by atoms with Crippen LogP contribution in [0.2, 0.25) is 5.02 Å². The topological polar surface area (TPSA) is 115 Å². The molecule has 2 aromatic carbocycles. The van der Waals surface area contributed by atoms with Crippen LogP contribution < -0.4 is 10.3 Å². The SMILES string of the molecule is C[C@H](NS(=O)(=O)c1ccc2oc(=O)ccc2c1)c1noc(-c2ccc(Cl)cc2)n1. The van der Waals surface area contributed by atoms with Gasteiger partial charge in [-0.15, -0.1) is 0 Å². The number of nitrogens with zero attached hydrogens (tertiary/aromatic N) is 2. The molecule has 2 aromatic heterocycles. The first-order valence-electron chi connectivity index (χ1n) is 8.48. The van der Waals surface area contributed by atoms with Crippen LogP contribution in [0.3, 0.4) is 0 Å². The zero-order chi connectivity index (χ0) is 20.6. The maximum atomic E-state index is 12.7. The summed E-state index contributed by atoms with van der Waals surface area (Å²) in [5.74, 6) is 0.439. The van der Waals surface area contributed by atoms with Gasteiger partial charge in [-0.3, -0.25) is 0 Å². The van der Waals surface area contributed by atoms with Gasteiger partial charge in [0.05, 0.1) is 10.9 Å². The fourth-order valence-electron chi connectivity index (χ4n) is 2.69. The van der Waals surface area contributed by atoms with E-state index >= 15 is 0 Å². The van der Waals surface area contributed by atoms with E-state index in [0.717, 1.165) is 0 Å². The molecule has 148 valence electrons. The molecular formula is C19H14ClN3O5S. The zero-order valence-electron chi connectivity index (χ0n) is 15.0. The van der Waals surface area contributed by atoms with Gasteiger partial charge in [-0.25, -0.2) is 17.9 Å². The highest BCUT2D eigenvalue weighted by atomic mass is 35.5. The molecule has 4 rings (SSSR count). The summed E-state index contributed by atoms with van der Waals surface area (Å²) in [5, 5.41) is 4.92. The first-order chi connectivity index (χ1) is 13.8. The molecule has 29 heavy (non-hydrogen) atoms. The van der Waals surface area contributed by atoms with Crippen molar-refractivity contribution in [1.29, 1.82) is 0 Å². The average molecular weight is 432 g/mol. The van der Waals surface area contributed by atoms with Crippen molar-refractivity contribution < 1.29 is 17.4 Å². The number of halogens is 1. The number of aromatic nitrogens is 2. The Morgan fingerprint density at radius 3 is 2.59 bits per heavy atom. The van der Waals surface area contributed by atoms with E-state index in [1.165, 1.54) is 30.3 Å². The lowest BCUT2D eigenvalue weighted by atomic mass is 10.2. The third-order valence-corrected chi connectivity index (χ3v) is 5.94. The van der Waals surface area contributed by atoms with Crippen molar-refractivity contribution in [2.75, 3.05) is 0 Å². The number of rotatable bonds is 5. The van der Waals surface area contributed by atoms with Crippen LogP contribution in [0.15, 0.2) is 73.2 Å². The monoisotopic (exact) mass is 431 g/mol. The predicted octanol–water partition coefficient (Wildman–Crippen LogP) is 3.54. The normalized spacial score (nSPS) is 12.9. The Balaban J connectivity index is 1.57. The van der Waals surface area contributed by atoms with Gasteiger partial charge in [0.1, 0.15) is 5.58 Å². The van der Waals surface area contributed by atoms with Crippen molar-refractivity contribution in [3.8, 4) is 11.5 Å². The summed E-state index contributed by atoms with van der Waals surface area (Å²) in [6.45, 7) is 1.61. The molecule has 2 heterocycles. The van der Waals surface area contributed by atoms with Crippen molar-refractivity contribution in [1.82, 2.24) is 14.9 Å². The molecule has 4 aromatic rings. The van der Waals surface area contributed by atoms with Gasteiger partial charge >= 0.3 is 5.63 Å². The smallest absolute Gasteiger partial charge is 0.336 e. The first-order valence-corrected chi connectivity index (χ1v) is 10.3. The van der Waals surface area contributed by atoms with E-state index in [-0.39, 0.29) is 16.6 Å². The van der Waals surface area contributed by atoms with E-state index < -0.39 is 21.7 Å². The molecule has 0 saturated heterocycles. The van der Waals surface area contributed by atoms with Crippen LogP contribution in [0.4, 0.5) is 0 Å². The minimum atomic E-state index is -3.88. The van der Waals surface area contributed by atoms with Crippen LogP contribution >= 0.6 is 11.6 Å². The third kappa shape index (κ3) is 4.07. The van der Waals surface area contributed by atoms with Gasteiger partial charge in [0.2, 0.25) is 10.0 Å². The van der Waals surface area contributed by atoms with Crippen molar-refractivity contribution in [3.05, 3.63) is 75.9 Å². The largest absolute Gasteiger partial charge is 0.423 e. The fourth-order valence-corrected chi connectivity index (χ4v) is 4.05. The van der Waals surface area contributed by atoms with Gasteiger partial charge in [-0.1, -0.05) is 16.8 Å². The Kier molecular flexibility index (Phi) is 4.95. The molecule has 8 nitrogen and oxygen atoms in total. The second kappa shape index (κ2) is 7.43. The summed E-state index contributed by atoms with van der Waals surface area (Å²) in [6, 6.07) is 13.0. The minimum Gasteiger partial charge on any atom is -0.423 e. The second-order valence-corrected chi connectivity index (χ2v) is 8.41. The quantitative estimate of drug-likeness (QED) is 0.480. The van der Waals surface area contributed by atoms with Gasteiger partial charge < -0.3 is 8.94 Å². The Hall–Kier alpha value is -3.01. The highest BCUT2D eigenvalue weighted by Gasteiger charge is 2.22. The van der Waals surface area contributed by atoms with Gasteiger partial charge in [-0.2, -0.15) is 4.98 Å². The van der Waals surface area contributed by atoms with Gasteiger partial charge in [0.15, 0.2) is 5.82 Å². The van der Waals surface area contributed by atoms with Crippen molar-refractivity contribution in [2.45, 2.75) is 17.9 Å². The molecule has 0 aliphatic rings. The number of benzene rings is 2. The van der Waals surface area contributed by atoms with Crippen LogP contribution in [0.5, 0.6) is 0 Å². The van der Waals surface area contributed by atoms with Crippen LogP contribution in [0.1, 0.15) is 18.8 Å². The molecule has 0 amide bonds. The third-order valence-electron chi connectivity index (χ3n) is 4.15. The molecular weight excluding hydrogens is 418 g/mol. The summed E-state index contributed by atoms with van der Waals surface area (Å²) in [4.78, 5) is 15.5. The molecule has 0 saturated carbocycles. The molecule has 0 radical (unpaired) electrons. The Morgan fingerprint density at radius 1 is 1.07 bits per heavy atom.